The first-order valence-corrected chi connectivity index (χ1v) is 13.6. The molecule has 5 heteroatoms. The van der Waals surface area contributed by atoms with Crippen LogP contribution in [-0.4, -0.2) is 22.2 Å². The smallest absolute Gasteiger partial charge is 0.272 e. The third-order valence-electron chi connectivity index (χ3n) is 9.08. The third-order valence-corrected chi connectivity index (χ3v) is 9.49. The van der Waals surface area contributed by atoms with Crippen molar-refractivity contribution < 1.29 is 4.79 Å². The molecule has 1 fully saturated rings. The van der Waals surface area contributed by atoms with E-state index < -0.39 is 0 Å². The number of aryl methyl sites for hydroxylation is 2. The summed E-state index contributed by atoms with van der Waals surface area (Å²) in [5.41, 5.74) is 8.89. The first kappa shape index (κ1) is 25.1. The standard InChI is InChI=1S/C31H38ClN3O/c1-7-31(30(4,5)6)13-12-23(31)17-33-29(36)27-25-15-22-16-26(32)20(3)14-24(22)28(25)35(34-27)18-21-10-8-19(2)9-11-21/h8-11,14,16,23H,7,12-13,15,17-18H2,1-6H3,(H,33,36). The molecule has 0 saturated heterocycles. The summed E-state index contributed by atoms with van der Waals surface area (Å²) in [6.07, 6.45) is 4.25. The van der Waals surface area contributed by atoms with Crippen LogP contribution in [0.1, 0.15) is 85.3 Å². The van der Waals surface area contributed by atoms with Gasteiger partial charge in [-0.15, -0.1) is 0 Å². The van der Waals surface area contributed by atoms with Crippen molar-refractivity contribution in [1.82, 2.24) is 15.1 Å². The van der Waals surface area contributed by atoms with E-state index >= 15 is 0 Å². The van der Waals surface area contributed by atoms with Crippen LogP contribution in [0.25, 0.3) is 11.3 Å². The van der Waals surface area contributed by atoms with Gasteiger partial charge in [0, 0.05) is 29.1 Å². The highest BCUT2D eigenvalue weighted by atomic mass is 35.5. The minimum absolute atomic E-state index is 0.0599. The molecular formula is C31H38ClN3O. The summed E-state index contributed by atoms with van der Waals surface area (Å²) in [4.78, 5) is 13.6. The lowest BCUT2D eigenvalue weighted by Crippen LogP contribution is -2.53. The van der Waals surface area contributed by atoms with Gasteiger partial charge in [-0.3, -0.25) is 9.48 Å². The minimum Gasteiger partial charge on any atom is -0.350 e. The van der Waals surface area contributed by atoms with E-state index in [1.807, 2.05) is 11.6 Å². The normalized spacial score (nSPS) is 20.6. The molecule has 190 valence electrons. The van der Waals surface area contributed by atoms with Gasteiger partial charge in [-0.05, 0) is 78.7 Å². The van der Waals surface area contributed by atoms with Crippen LogP contribution in [-0.2, 0) is 13.0 Å². The first-order chi connectivity index (χ1) is 17.0. The summed E-state index contributed by atoms with van der Waals surface area (Å²) >= 11 is 6.47. The van der Waals surface area contributed by atoms with E-state index in [2.05, 4.69) is 76.3 Å². The number of carbonyl (C=O) groups excluding carboxylic acids is 1. The van der Waals surface area contributed by atoms with Gasteiger partial charge in [0.05, 0.1) is 12.2 Å². The van der Waals surface area contributed by atoms with Crippen molar-refractivity contribution in [2.24, 2.45) is 16.7 Å². The molecule has 1 N–H and O–H groups in total. The van der Waals surface area contributed by atoms with Crippen LogP contribution in [0.15, 0.2) is 36.4 Å². The fourth-order valence-corrected chi connectivity index (χ4v) is 6.87. The van der Waals surface area contributed by atoms with Gasteiger partial charge in [-0.1, -0.05) is 69.1 Å². The van der Waals surface area contributed by atoms with Gasteiger partial charge >= 0.3 is 0 Å². The van der Waals surface area contributed by atoms with Gasteiger partial charge in [0.25, 0.3) is 5.91 Å². The molecule has 0 spiro atoms. The molecule has 2 aliphatic carbocycles. The largest absolute Gasteiger partial charge is 0.350 e. The SMILES string of the molecule is CCC1(C(C)(C)C)CCC1CNC(=O)c1nn(Cc2ccc(C)cc2)c2c1Cc1cc(Cl)c(C)cc1-2. The summed E-state index contributed by atoms with van der Waals surface area (Å²) in [6.45, 7) is 14.8. The number of hydrogen-bond donors (Lipinski definition) is 1. The van der Waals surface area contributed by atoms with Gasteiger partial charge in [0.1, 0.15) is 0 Å². The molecule has 1 amide bonds. The van der Waals surface area contributed by atoms with E-state index in [9.17, 15) is 4.79 Å². The molecule has 5 rings (SSSR count). The molecule has 1 saturated carbocycles. The van der Waals surface area contributed by atoms with Crippen LogP contribution in [0, 0.1) is 30.6 Å². The molecule has 0 radical (unpaired) electrons. The number of aromatic nitrogens is 2. The lowest BCUT2D eigenvalue weighted by Gasteiger charge is -2.58. The Balaban J connectivity index is 1.45. The Hall–Kier alpha value is -2.59. The highest BCUT2D eigenvalue weighted by molar-refractivity contribution is 6.31. The average molecular weight is 504 g/mol. The fourth-order valence-electron chi connectivity index (χ4n) is 6.69. The van der Waals surface area contributed by atoms with Crippen LogP contribution in [0.5, 0.6) is 0 Å². The fraction of sp³-hybridized carbons (Fsp3) is 0.484. The van der Waals surface area contributed by atoms with E-state index in [1.54, 1.807) is 0 Å². The van der Waals surface area contributed by atoms with E-state index in [0.29, 0.717) is 31.1 Å². The number of rotatable bonds is 6. The Kier molecular flexibility index (Phi) is 6.31. The van der Waals surface area contributed by atoms with Crippen LogP contribution >= 0.6 is 11.6 Å². The first-order valence-electron chi connectivity index (χ1n) is 13.3. The predicted molar refractivity (Wildman–Crippen MR) is 148 cm³/mol. The number of nitrogens with zero attached hydrogens (tertiary/aromatic N) is 2. The molecule has 1 heterocycles. The zero-order chi connectivity index (χ0) is 25.8. The summed E-state index contributed by atoms with van der Waals surface area (Å²) < 4.78 is 2.02. The lowest BCUT2D eigenvalue weighted by molar-refractivity contribution is -0.0751. The van der Waals surface area contributed by atoms with Crippen molar-refractivity contribution >= 4 is 17.5 Å². The van der Waals surface area contributed by atoms with Crippen molar-refractivity contribution in [3.05, 3.63) is 74.9 Å². The second kappa shape index (κ2) is 9.06. The number of amides is 1. The second-order valence-corrected chi connectivity index (χ2v) is 12.4. The van der Waals surface area contributed by atoms with Gasteiger partial charge in [-0.25, -0.2) is 0 Å². The number of benzene rings is 2. The Morgan fingerprint density at radius 1 is 1.19 bits per heavy atom. The van der Waals surface area contributed by atoms with Crippen LogP contribution < -0.4 is 5.32 Å². The van der Waals surface area contributed by atoms with Crippen molar-refractivity contribution in [3.8, 4) is 11.3 Å². The molecule has 2 atom stereocenters. The Bertz CT molecular complexity index is 1310. The maximum Gasteiger partial charge on any atom is 0.272 e. The second-order valence-electron chi connectivity index (χ2n) is 12.0. The van der Waals surface area contributed by atoms with Gasteiger partial charge in [-0.2, -0.15) is 5.10 Å². The molecule has 2 aliphatic rings. The molecular weight excluding hydrogens is 466 g/mol. The molecule has 3 aromatic rings. The average Bonchev–Trinajstić information content (AvgIpc) is 3.32. The Morgan fingerprint density at radius 2 is 1.92 bits per heavy atom. The number of carbonyl (C=O) groups is 1. The summed E-state index contributed by atoms with van der Waals surface area (Å²) in [6, 6.07) is 12.7. The molecule has 0 aliphatic heterocycles. The van der Waals surface area contributed by atoms with Crippen molar-refractivity contribution in [3.63, 3.8) is 0 Å². The highest BCUT2D eigenvalue weighted by Crippen LogP contribution is 2.59. The summed E-state index contributed by atoms with van der Waals surface area (Å²) in [5, 5.41) is 8.95. The van der Waals surface area contributed by atoms with Gasteiger partial charge in [0.15, 0.2) is 5.69 Å². The third kappa shape index (κ3) is 4.08. The van der Waals surface area contributed by atoms with Crippen molar-refractivity contribution in [1.29, 1.82) is 0 Å². The van der Waals surface area contributed by atoms with Crippen molar-refractivity contribution in [2.75, 3.05) is 6.54 Å². The molecule has 0 bridgehead atoms. The topological polar surface area (TPSA) is 46.9 Å². The predicted octanol–water partition coefficient (Wildman–Crippen LogP) is 7.36. The van der Waals surface area contributed by atoms with E-state index in [1.165, 1.54) is 29.5 Å². The molecule has 36 heavy (non-hydrogen) atoms. The number of hydrogen-bond acceptors (Lipinski definition) is 2. The maximum atomic E-state index is 13.6. The Labute approximate surface area is 220 Å². The lowest BCUT2D eigenvalue weighted by atomic mass is 9.48. The summed E-state index contributed by atoms with van der Waals surface area (Å²) in [5.74, 6) is 0.447. The van der Waals surface area contributed by atoms with E-state index in [0.717, 1.165) is 33.8 Å². The minimum atomic E-state index is -0.0599. The highest BCUT2D eigenvalue weighted by Gasteiger charge is 2.52. The summed E-state index contributed by atoms with van der Waals surface area (Å²) in [7, 11) is 0. The molecule has 2 aromatic carbocycles. The van der Waals surface area contributed by atoms with Crippen molar-refractivity contribution in [2.45, 2.75) is 73.8 Å². The van der Waals surface area contributed by atoms with E-state index in [-0.39, 0.29) is 16.7 Å². The number of nitrogens with one attached hydrogen (secondary N) is 1. The number of halogens is 1. The van der Waals surface area contributed by atoms with Crippen LogP contribution in [0.3, 0.4) is 0 Å². The van der Waals surface area contributed by atoms with Gasteiger partial charge in [0.2, 0.25) is 0 Å². The Morgan fingerprint density at radius 3 is 2.53 bits per heavy atom. The molecule has 1 aromatic heterocycles. The quantitative estimate of drug-likeness (QED) is 0.299. The van der Waals surface area contributed by atoms with Crippen LogP contribution in [0.4, 0.5) is 0 Å². The number of fused-ring (bicyclic) bond motifs is 3. The molecule has 2 unspecified atom stereocenters. The van der Waals surface area contributed by atoms with Crippen LogP contribution in [0.2, 0.25) is 5.02 Å². The van der Waals surface area contributed by atoms with E-state index in [4.69, 9.17) is 16.7 Å². The molecule has 4 nitrogen and oxygen atoms in total. The maximum absolute atomic E-state index is 13.6. The van der Waals surface area contributed by atoms with Gasteiger partial charge < -0.3 is 5.32 Å². The monoisotopic (exact) mass is 503 g/mol. The zero-order valence-electron chi connectivity index (χ0n) is 22.5. The zero-order valence-corrected chi connectivity index (χ0v) is 23.2.